The van der Waals surface area contributed by atoms with Crippen LogP contribution in [0.5, 0.6) is 0 Å². The van der Waals surface area contributed by atoms with E-state index in [9.17, 15) is 13.2 Å². The topological polar surface area (TPSA) is 38.9 Å². The van der Waals surface area contributed by atoms with Gasteiger partial charge in [-0.15, -0.1) is 0 Å². The molecule has 2 aromatic carbocycles. The number of hydrogen-bond donors (Lipinski definition) is 1. The van der Waals surface area contributed by atoms with Crippen LogP contribution < -0.4 is 5.73 Å². The van der Waals surface area contributed by atoms with Crippen LogP contribution in [-0.2, 0) is 6.42 Å². The molecule has 3 aromatic rings. The first-order chi connectivity index (χ1) is 10.6. The molecule has 0 radical (unpaired) electrons. The Kier molecular flexibility index (Phi) is 3.81. The van der Waals surface area contributed by atoms with Gasteiger partial charge >= 0.3 is 0 Å². The van der Waals surface area contributed by atoms with Crippen molar-refractivity contribution in [1.29, 1.82) is 0 Å². The van der Waals surface area contributed by atoms with Gasteiger partial charge in [-0.1, -0.05) is 0 Å². The molecule has 0 unspecified atom stereocenters. The standard InChI is InChI=1S/C17H13F3N2/c18-13-2-1-10-5-11(3-4-21)17(22-16(10)9-13)12-6-14(19)8-15(20)7-12/h1-2,5-9H,3-4,21H2. The van der Waals surface area contributed by atoms with Gasteiger partial charge in [-0.3, -0.25) is 0 Å². The first-order valence-corrected chi connectivity index (χ1v) is 6.82. The summed E-state index contributed by atoms with van der Waals surface area (Å²) in [6.07, 6.45) is 0.508. The van der Waals surface area contributed by atoms with E-state index in [0.29, 0.717) is 29.7 Å². The lowest BCUT2D eigenvalue weighted by Gasteiger charge is -2.11. The van der Waals surface area contributed by atoms with Crippen LogP contribution in [0.2, 0.25) is 0 Å². The summed E-state index contributed by atoms with van der Waals surface area (Å²) in [7, 11) is 0. The molecule has 1 aromatic heterocycles. The summed E-state index contributed by atoms with van der Waals surface area (Å²) in [6.45, 7) is 0.374. The van der Waals surface area contributed by atoms with E-state index in [0.717, 1.165) is 17.0 Å². The van der Waals surface area contributed by atoms with Crippen LogP contribution in [0, 0.1) is 17.5 Å². The van der Waals surface area contributed by atoms with E-state index < -0.39 is 17.5 Å². The van der Waals surface area contributed by atoms with Gasteiger partial charge in [0.1, 0.15) is 17.5 Å². The molecule has 2 nitrogen and oxygen atoms in total. The lowest BCUT2D eigenvalue weighted by atomic mass is 10.0. The van der Waals surface area contributed by atoms with Crippen LogP contribution in [0.4, 0.5) is 13.2 Å². The number of nitrogens with two attached hydrogens (primary N) is 1. The molecule has 0 amide bonds. The predicted octanol–water partition coefficient (Wildman–Crippen LogP) is 3.82. The summed E-state index contributed by atoms with van der Waals surface area (Å²) in [4.78, 5) is 4.38. The Labute approximate surface area is 125 Å². The highest BCUT2D eigenvalue weighted by Crippen LogP contribution is 2.27. The van der Waals surface area contributed by atoms with Gasteiger partial charge in [0.15, 0.2) is 0 Å². The van der Waals surface area contributed by atoms with Crippen molar-refractivity contribution in [2.45, 2.75) is 6.42 Å². The Balaban J connectivity index is 2.27. The van der Waals surface area contributed by atoms with Gasteiger partial charge in [-0.25, -0.2) is 18.2 Å². The summed E-state index contributed by atoms with van der Waals surface area (Å²) in [5.41, 5.74) is 7.53. The number of nitrogens with zero attached hydrogens (tertiary/aromatic N) is 1. The smallest absolute Gasteiger partial charge is 0.126 e. The van der Waals surface area contributed by atoms with E-state index in [1.165, 1.54) is 24.3 Å². The van der Waals surface area contributed by atoms with Crippen molar-refractivity contribution >= 4 is 10.9 Å². The number of hydrogen-bond acceptors (Lipinski definition) is 2. The average Bonchev–Trinajstić information content (AvgIpc) is 2.46. The van der Waals surface area contributed by atoms with E-state index in [2.05, 4.69) is 4.98 Å². The monoisotopic (exact) mass is 302 g/mol. The molecule has 0 aliphatic carbocycles. The van der Waals surface area contributed by atoms with Gasteiger partial charge in [-0.2, -0.15) is 0 Å². The third kappa shape index (κ3) is 2.80. The third-order valence-electron chi connectivity index (χ3n) is 3.41. The number of aromatic nitrogens is 1. The largest absolute Gasteiger partial charge is 0.330 e. The summed E-state index contributed by atoms with van der Waals surface area (Å²) in [5, 5.41) is 0.755. The molecule has 22 heavy (non-hydrogen) atoms. The lowest BCUT2D eigenvalue weighted by Crippen LogP contribution is -2.05. The number of pyridine rings is 1. The number of fused-ring (bicyclic) bond motifs is 1. The Morgan fingerprint density at radius 2 is 1.59 bits per heavy atom. The van der Waals surface area contributed by atoms with Gasteiger partial charge in [0.2, 0.25) is 0 Å². The summed E-state index contributed by atoms with van der Waals surface area (Å²) in [5.74, 6) is -1.78. The molecule has 3 rings (SSSR count). The van der Waals surface area contributed by atoms with Gasteiger partial charge in [0.25, 0.3) is 0 Å². The van der Waals surface area contributed by atoms with E-state index >= 15 is 0 Å². The number of rotatable bonds is 3. The molecule has 0 fully saturated rings. The molecule has 5 heteroatoms. The van der Waals surface area contributed by atoms with Crippen LogP contribution in [0.15, 0.2) is 42.5 Å². The van der Waals surface area contributed by atoms with Crippen molar-refractivity contribution in [2.75, 3.05) is 6.54 Å². The van der Waals surface area contributed by atoms with Crippen molar-refractivity contribution in [2.24, 2.45) is 5.73 Å². The molecule has 0 spiro atoms. The zero-order valence-electron chi connectivity index (χ0n) is 11.6. The van der Waals surface area contributed by atoms with Crippen molar-refractivity contribution in [1.82, 2.24) is 4.98 Å². The summed E-state index contributed by atoms with van der Waals surface area (Å²) >= 11 is 0. The molecule has 112 valence electrons. The highest BCUT2D eigenvalue weighted by molar-refractivity contribution is 5.83. The van der Waals surface area contributed by atoms with Crippen molar-refractivity contribution < 1.29 is 13.2 Å². The molecule has 0 aliphatic heterocycles. The van der Waals surface area contributed by atoms with Gasteiger partial charge in [-0.05, 0) is 48.9 Å². The van der Waals surface area contributed by atoms with Gasteiger partial charge in [0, 0.05) is 23.1 Å². The quantitative estimate of drug-likeness (QED) is 0.799. The van der Waals surface area contributed by atoms with Crippen LogP contribution in [0.3, 0.4) is 0 Å². The predicted molar refractivity (Wildman–Crippen MR) is 79.8 cm³/mol. The molecule has 1 heterocycles. The second kappa shape index (κ2) is 5.77. The summed E-state index contributed by atoms with van der Waals surface area (Å²) in [6, 6.07) is 9.29. The van der Waals surface area contributed by atoms with Crippen LogP contribution in [-0.4, -0.2) is 11.5 Å². The van der Waals surface area contributed by atoms with Gasteiger partial charge in [0.05, 0.1) is 11.2 Å². The van der Waals surface area contributed by atoms with Crippen LogP contribution in [0.25, 0.3) is 22.2 Å². The maximum Gasteiger partial charge on any atom is 0.126 e. The Morgan fingerprint density at radius 3 is 2.27 bits per heavy atom. The van der Waals surface area contributed by atoms with E-state index in [4.69, 9.17) is 5.73 Å². The van der Waals surface area contributed by atoms with Crippen LogP contribution >= 0.6 is 0 Å². The second-order valence-corrected chi connectivity index (χ2v) is 5.03. The molecular weight excluding hydrogens is 289 g/mol. The normalized spacial score (nSPS) is 11.1. The fourth-order valence-corrected chi connectivity index (χ4v) is 2.47. The maximum absolute atomic E-state index is 13.5. The van der Waals surface area contributed by atoms with E-state index in [1.807, 2.05) is 6.07 Å². The minimum absolute atomic E-state index is 0.312. The Hall–Kier alpha value is -2.40. The Morgan fingerprint density at radius 1 is 0.864 bits per heavy atom. The second-order valence-electron chi connectivity index (χ2n) is 5.03. The lowest BCUT2D eigenvalue weighted by molar-refractivity contribution is 0.584. The minimum atomic E-state index is -0.685. The summed E-state index contributed by atoms with van der Waals surface area (Å²) < 4.78 is 40.3. The zero-order chi connectivity index (χ0) is 15.7. The SMILES string of the molecule is NCCc1cc2ccc(F)cc2nc1-c1cc(F)cc(F)c1. The van der Waals surface area contributed by atoms with Crippen molar-refractivity contribution in [3.05, 3.63) is 65.5 Å². The highest BCUT2D eigenvalue weighted by Gasteiger charge is 2.12. The first-order valence-electron chi connectivity index (χ1n) is 6.82. The zero-order valence-corrected chi connectivity index (χ0v) is 11.6. The van der Waals surface area contributed by atoms with E-state index in [-0.39, 0.29) is 0 Å². The first kappa shape index (κ1) is 14.5. The average molecular weight is 302 g/mol. The maximum atomic E-state index is 13.5. The van der Waals surface area contributed by atoms with E-state index in [1.54, 1.807) is 6.07 Å². The molecular formula is C17H13F3N2. The molecule has 0 bridgehead atoms. The van der Waals surface area contributed by atoms with Crippen molar-refractivity contribution in [3.8, 4) is 11.3 Å². The molecule has 0 saturated heterocycles. The van der Waals surface area contributed by atoms with Crippen molar-refractivity contribution in [3.63, 3.8) is 0 Å². The molecule has 0 aliphatic rings. The number of halogens is 3. The molecule has 0 atom stereocenters. The fourth-order valence-electron chi connectivity index (χ4n) is 2.47. The molecule has 0 saturated carbocycles. The van der Waals surface area contributed by atoms with Crippen LogP contribution in [0.1, 0.15) is 5.56 Å². The fraction of sp³-hybridized carbons (Fsp3) is 0.118. The number of benzene rings is 2. The third-order valence-corrected chi connectivity index (χ3v) is 3.41. The van der Waals surface area contributed by atoms with Gasteiger partial charge < -0.3 is 5.73 Å². The highest BCUT2D eigenvalue weighted by atomic mass is 19.1. The molecule has 2 N–H and O–H groups in total. The Bertz CT molecular complexity index is 826. The minimum Gasteiger partial charge on any atom is -0.330 e.